The van der Waals surface area contributed by atoms with Crippen molar-refractivity contribution in [2.75, 3.05) is 12.3 Å². The second-order valence-electron chi connectivity index (χ2n) is 5.18. The first kappa shape index (κ1) is 14.7. The second kappa shape index (κ2) is 5.89. The highest BCUT2D eigenvalue weighted by Gasteiger charge is 2.24. The Morgan fingerprint density at radius 1 is 1.24 bits per heavy atom. The van der Waals surface area contributed by atoms with Crippen LogP contribution >= 0.6 is 31.9 Å². The number of nitrogen functional groups attached to an aromatic ring is 1. The first-order chi connectivity index (χ1) is 10.0. The van der Waals surface area contributed by atoms with E-state index in [0.717, 1.165) is 26.9 Å². The molecule has 1 aliphatic heterocycles. The van der Waals surface area contributed by atoms with Crippen molar-refractivity contribution in [1.82, 2.24) is 0 Å². The minimum absolute atomic E-state index is 0.0400. The average Bonchev–Trinajstić information content (AvgIpc) is 2.79. The van der Waals surface area contributed by atoms with Gasteiger partial charge in [0, 0.05) is 12.1 Å². The Hall–Kier alpha value is -1.20. The maximum absolute atomic E-state index is 5.91. The number of anilines is 1. The lowest BCUT2D eigenvalue weighted by atomic mass is 10.1. The van der Waals surface area contributed by atoms with Gasteiger partial charge in [-0.2, -0.15) is 0 Å². The fourth-order valence-corrected chi connectivity index (χ4v) is 3.89. The highest BCUT2D eigenvalue weighted by atomic mass is 79.9. The topological polar surface area (TPSA) is 44.5 Å². The molecule has 2 aromatic rings. The van der Waals surface area contributed by atoms with Crippen molar-refractivity contribution in [3.8, 4) is 11.5 Å². The predicted octanol–water partition coefficient (Wildman–Crippen LogP) is 4.48. The van der Waals surface area contributed by atoms with Crippen molar-refractivity contribution in [1.29, 1.82) is 0 Å². The summed E-state index contributed by atoms with van der Waals surface area (Å²) in [5.41, 5.74) is 8.96. The number of fused-ring (bicyclic) bond motifs is 1. The minimum Gasteiger partial charge on any atom is -0.487 e. The van der Waals surface area contributed by atoms with E-state index in [0.29, 0.717) is 12.3 Å². The van der Waals surface area contributed by atoms with Crippen molar-refractivity contribution in [3.05, 3.63) is 50.4 Å². The number of rotatable bonds is 3. The van der Waals surface area contributed by atoms with E-state index in [1.54, 1.807) is 0 Å². The molecule has 1 aliphatic rings. The Balaban J connectivity index is 1.68. The van der Waals surface area contributed by atoms with E-state index in [4.69, 9.17) is 15.2 Å². The van der Waals surface area contributed by atoms with Crippen molar-refractivity contribution in [2.45, 2.75) is 19.4 Å². The van der Waals surface area contributed by atoms with Crippen LogP contribution < -0.4 is 15.2 Å². The summed E-state index contributed by atoms with van der Waals surface area (Å²) in [5.74, 6) is 1.71. The maximum atomic E-state index is 5.91. The molecule has 0 bridgehead atoms. The number of hydrogen-bond acceptors (Lipinski definition) is 3. The molecule has 2 aromatic carbocycles. The SMILES string of the molecule is Cc1ccc2c(c1)CC(COc1c(Br)cc(N)cc1Br)O2. The molecule has 0 radical (unpaired) electrons. The molecular weight excluding hydrogens is 398 g/mol. The first-order valence-corrected chi connectivity index (χ1v) is 8.25. The molecule has 110 valence electrons. The number of nitrogens with two attached hydrogens (primary N) is 1. The first-order valence-electron chi connectivity index (χ1n) is 6.66. The Morgan fingerprint density at radius 2 is 1.95 bits per heavy atom. The molecule has 3 rings (SSSR count). The van der Waals surface area contributed by atoms with Crippen LogP contribution in [0.1, 0.15) is 11.1 Å². The second-order valence-corrected chi connectivity index (χ2v) is 6.89. The van der Waals surface area contributed by atoms with Crippen LogP contribution in [0.2, 0.25) is 0 Å². The quantitative estimate of drug-likeness (QED) is 0.755. The van der Waals surface area contributed by atoms with Crippen LogP contribution in [0.25, 0.3) is 0 Å². The minimum atomic E-state index is 0.0400. The zero-order valence-electron chi connectivity index (χ0n) is 11.5. The van der Waals surface area contributed by atoms with E-state index in [-0.39, 0.29) is 6.10 Å². The molecule has 0 amide bonds. The van der Waals surface area contributed by atoms with Gasteiger partial charge in [0.2, 0.25) is 0 Å². The average molecular weight is 413 g/mol. The molecular formula is C16H15Br2NO2. The summed E-state index contributed by atoms with van der Waals surface area (Å²) in [4.78, 5) is 0. The largest absolute Gasteiger partial charge is 0.487 e. The van der Waals surface area contributed by atoms with Crippen molar-refractivity contribution in [2.24, 2.45) is 0 Å². The molecule has 0 aliphatic carbocycles. The van der Waals surface area contributed by atoms with Crippen LogP contribution in [0.5, 0.6) is 11.5 Å². The van der Waals surface area contributed by atoms with Crippen molar-refractivity contribution in [3.63, 3.8) is 0 Å². The van der Waals surface area contributed by atoms with Gasteiger partial charge in [0.1, 0.15) is 24.2 Å². The van der Waals surface area contributed by atoms with Gasteiger partial charge in [-0.1, -0.05) is 17.7 Å². The lowest BCUT2D eigenvalue weighted by Gasteiger charge is -2.15. The lowest BCUT2D eigenvalue weighted by molar-refractivity contribution is 0.147. The van der Waals surface area contributed by atoms with E-state index in [1.807, 2.05) is 18.2 Å². The standard InChI is InChI=1S/C16H15Br2NO2/c1-9-2-3-15-10(4-9)5-12(21-15)8-20-16-13(17)6-11(19)7-14(16)18/h2-4,6-7,12H,5,8,19H2,1H3. The smallest absolute Gasteiger partial charge is 0.147 e. The van der Waals surface area contributed by atoms with E-state index in [2.05, 4.69) is 50.9 Å². The number of ether oxygens (including phenoxy) is 2. The fourth-order valence-electron chi connectivity index (χ4n) is 2.44. The molecule has 0 spiro atoms. The van der Waals surface area contributed by atoms with Crippen LogP contribution in [0.15, 0.2) is 39.3 Å². The van der Waals surface area contributed by atoms with Crippen molar-refractivity contribution < 1.29 is 9.47 Å². The molecule has 5 heteroatoms. The Bertz CT molecular complexity index is 665. The van der Waals surface area contributed by atoms with Gasteiger partial charge in [0.05, 0.1) is 8.95 Å². The number of aryl methyl sites for hydroxylation is 1. The summed E-state index contributed by atoms with van der Waals surface area (Å²) in [7, 11) is 0. The summed E-state index contributed by atoms with van der Waals surface area (Å²) in [5, 5.41) is 0. The van der Waals surface area contributed by atoms with E-state index in [1.165, 1.54) is 11.1 Å². The molecule has 0 aromatic heterocycles. The highest BCUT2D eigenvalue weighted by molar-refractivity contribution is 9.11. The lowest BCUT2D eigenvalue weighted by Crippen LogP contribution is -2.22. The normalized spacial score (nSPS) is 16.4. The molecule has 2 N–H and O–H groups in total. The summed E-state index contributed by atoms with van der Waals surface area (Å²) in [6.07, 6.45) is 0.916. The molecule has 1 atom stereocenters. The molecule has 1 heterocycles. The molecule has 21 heavy (non-hydrogen) atoms. The van der Waals surface area contributed by atoms with Gasteiger partial charge in [0.25, 0.3) is 0 Å². The number of hydrogen-bond donors (Lipinski definition) is 1. The van der Waals surface area contributed by atoms with Crippen LogP contribution in [0.4, 0.5) is 5.69 Å². The summed E-state index contributed by atoms with van der Waals surface area (Å²) < 4.78 is 13.5. The molecule has 0 fully saturated rings. The van der Waals surface area contributed by atoms with Crippen LogP contribution in [-0.2, 0) is 6.42 Å². The monoisotopic (exact) mass is 411 g/mol. The van der Waals surface area contributed by atoms with E-state index in [9.17, 15) is 0 Å². The van der Waals surface area contributed by atoms with Gasteiger partial charge in [-0.25, -0.2) is 0 Å². The predicted molar refractivity (Wildman–Crippen MR) is 91.0 cm³/mol. The van der Waals surface area contributed by atoms with Gasteiger partial charge in [-0.05, 0) is 62.5 Å². The molecule has 1 unspecified atom stereocenters. The van der Waals surface area contributed by atoms with E-state index < -0.39 is 0 Å². The highest BCUT2D eigenvalue weighted by Crippen LogP contribution is 2.36. The van der Waals surface area contributed by atoms with Gasteiger partial charge in [0.15, 0.2) is 0 Å². The third-order valence-corrected chi connectivity index (χ3v) is 4.57. The number of halogens is 2. The third kappa shape index (κ3) is 3.19. The zero-order valence-corrected chi connectivity index (χ0v) is 14.7. The Morgan fingerprint density at radius 3 is 2.67 bits per heavy atom. The fraction of sp³-hybridized carbons (Fsp3) is 0.250. The van der Waals surface area contributed by atoms with Gasteiger partial charge >= 0.3 is 0 Å². The summed E-state index contributed by atoms with van der Waals surface area (Å²) in [6.45, 7) is 2.58. The molecule has 0 saturated carbocycles. The maximum Gasteiger partial charge on any atom is 0.147 e. The molecule has 0 saturated heterocycles. The third-order valence-electron chi connectivity index (χ3n) is 3.39. The summed E-state index contributed by atoms with van der Waals surface area (Å²) in [6, 6.07) is 9.92. The van der Waals surface area contributed by atoms with Gasteiger partial charge in [-0.15, -0.1) is 0 Å². The Labute approximate surface area is 140 Å². The van der Waals surface area contributed by atoms with Gasteiger partial charge < -0.3 is 15.2 Å². The van der Waals surface area contributed by atoms with Gasteiger partial charge in [-0.3, -0.25) is 0 Å². The Kier molecular flexibility index (Phi) is 4.13. The molecule has 3 nitrogen and oxygen atoms in total. The van der Waals surface area contributed by atoms with Crippen molar-refractivity contribution >= 4 is 37.5 Å². The summed E-state index contributed by atoms with van der Waals surface area (Å²) >= 11 is 6.94. The van der Waals surface area contributed by atoms with E-state index >= 15 is 0 Å². The van der Waals surface area contributed by atoms with Crippen LogP contribution in [-0.4, -0.2) is 12.7 Å². The van der Waals surface area contributed by atoms with Crippen LogP contribution in [0.3, 0.4) is 0 Å². The zero-order chi connectivity index (χ0) is 15.0. The van der Waals surface area contributed by atoms with Crippen LogP contribution in [0, 0.1) is 6.92 Å². The number of benzene rings is 2.